The third kappa shape index (κ3) is 3.82. The van der Waals surface area contributed by atoms with E-state index < -0.39 is 4.92 Å². The maximum atomic E-state index is 13.5. The maximum absolute atomic E-state index is 13.5. The van der Waals surface area contributed by atoms with E-state index >= 15 is 0 Å². The highest BCUT2D eigenvalue weighted by atomic mass is 32.1. The zero-order valence-corrected chi connectivity index (χ0v) is 16.4. The molecule has 1 amide bonds. The molecule has 1 aliphatic rings. The number of para-hydroxylation sites is 3. The molecule has 0 spiro atoms. The van der Waals surface area contributed by atoms with Gasteiger partial charge in [0.1, 0.15) is 5.69 Å². The first-order valence-electron chi connectivity index (χ1n) is 9.14. The number of hydrogen-bond donors (Lipinski definition) is 1. The van der Waals surface area contributed by atoms with E-state index in [4.69, 9.17) is 18.0 Å². The van der Waals surface area contributed by atoms with Crippen LogP contribution in [0.3, 0.4) is 0 Å². The zero-order valence-electron chi connectivity index (χ0n) is 15.6. The van der Waals surface area contributed by atoms with Crippen LogP contribution in [0.15, 0.2) is 48.5 Å². The number of carbonyl (C=O) groups excluding carboxylic acids is 1. The molecule has 1 aliphatic carbocycles. The van der Waals surface area contributed by atoms with Crippen molar-refractivity contribution in [2.24, 2.45) is 11.7 Å². The van der Waals surface area contributed by atoms with E-state index in [0.717, 1.165) is 31.2 Å². The average molecular weight is 398 g/mol. The molecule has 2 aromatic carbocycles. The molecule has 7 nitrogen and oxygen atoms in total. The highest BCUT2D eigenvalue weighted by Gasteiger charge is 2.36. The Hall–Kier alpha value is -3.00. The summed E-state index contributed by atoms with van der Waals surface area (Å²) in [5.74, 6) is -0.322. The summed E-state index contributed by atoms with van der Waals surface area (Å²) >= 11 is 5.25. The maximum Gasteiger partial charge on any atom is 0.294 e. The van der Waals surface area contributed by atoms with Gasteiger partial charge in [-0.3, -0.25) is 14.9 Å². The molecule has 0 atom stereocenters. The quantitative estimate of drug-likeness (QED) is 0.474. The van der Waals surface area contributed by atoms with Gasteiger partial charge in [0, 0.05) is 12.0 Å². The smallest absolute Gasteiger partial charge is 0.294 e. The molecular weight excluding hydrogens is 376 g/mol. The lowest BCUT2D eigenvalue weighted by molar-refractivity contribution is -0.384. The van der Waals surface area contributed by atoms with Crippen LogP contribution in [0.25, 0.3) is 0 Å². The first-order chi connectivity index (χ1) is 13.4. The summed E-state index contributed by atoms with van der Waals surface area (Å²) in [6, 6.07) is 13.5. The van der Waals surface area contributed by atoms with Crippen molar-refractivity contribution in [3.63, 3.8) is 0 Å². The van der Waals surface area contributed by atoms with Crippen LogP contribution in [0.5, 0.6) is 0 Å². The van der Waals surface area contributed by atoms with Crippen LogP contribution in [0.4, 0.5) is 17.1 Å². The highest BCUT2D eigenvalue weighted by molar-refractivity contribution is 7.80. The van der Waals surface area contributed by atoms with E-state index in [1.807, 2.05) is 25.1 Å². The number of nitro benzene ring substituents is 1. The van der Waals surface area contributed by atoms with E-state index in [1.165, 1.54) is 16.1 Å². The van der Waals surface area contributed by atoms with Gasteiger partial charge in [0.05, 0.1) is 10.6 Å². The van der Waals surface area contributed by atoms with Crippen LogP contribution in [-0.4, -0.2) is 15.9 Å². The summed E-state index contributed by atoms with van der Waals surface area (Å²) in [7, 11) is 0. The Balaban J connectivity index is 2.19. The number of benzene rings is 2. The van der Waals surface area contributed by atoms with Gasteiger partial charge in [-0.1, -0.05) is 43.2 Å². The lowest BCUT2D eigenvalue weighted by atomic mass is 10.1. The normalized spacial score (nSPS) is 13.9. The fraction of sp³-hybridized carbons (Fsp3) is 0.300. The molecule has 0 heterocycles. The lowest BCUT2D eigenvalue weighted by Gasteiger charge is -2.37. The molecule has 0 bridgehead atoms. The minimum absolute atomic E-state index is 0.135. The second-order valence-electron chi connectivity index (χ2n) is 6.81. The summed E-state index contributed by atoms with van der Waals surface area (Å²) < 4.78 is 0. The Morgan fingerprint density at radius 2 is 1.64 bits per heavy atom. The first-order valence-corrected chi connectivity index (χ1v) is 9.55. The molecule has 1 saturated carbocycles. The molecule has 2 aromatic rings. The van der Waals surface area contributed by atoms with Crippen molar-refractivity contribution in [2.75, 3.05) is 10.0 Å². The van der Waals surface area contributed by atoms with Crippen LogP contribution in [-0.2, 0) is 4.79 Å². The Labute approximate surface area is 168 Å². The number of carbonyl (C=O) groups is 1. The van der Waals surface area contributed by atoms with Crippen LogP contribution < -0.4 is 15.8 Å². The molecule has 1 fully saturated rings. The molecule has 2 N–H and O–H groups in total. The Bertz CT molecular complexity index is 912. The van der Waals surface area contributed by atoms with Crippen LogP contribution in [0.2, 0.25) is 0 Å². The number of aryl methyl sites for hydroxylation is 1. The molecule has 8 heteroatoms. The fourth-order valence-electron chi connectivity index (χ4n) is 3.59. The number of rotatable bonds is 4. The molecule has 3 rings (SSSR count). The van der Waals surface area contributed by atoms with E-state index in [1.54, 1.807) is 24.3 Å². The summed E-state index contributed by atoms with van der Waals surface area (Å²) in [6.45, 7) is 1.88. The fourth-order valence-corrected chi connectivity index (χ4v) is 3.77. The van der Waals surface area contributed by atoms with Gasteiger partial charge in [-0.15, -0.1) is 0 Å². The van der Waals surface area contributed by atoms with Gasteiger partial charge in [-0.25, -0.2) is 10.0 Å². The van der Waals surface area contributed by atoms with Gasteiger partial charge >= 0.3 is 0 Å². The predicted octanol–water partition coefficient (Wildman–Crippen LogP) is 4.09. The molecule has 0 aliphatic heterocycles. The lowest BCUT2D eigenvalue weighted by Crippen LogP contribution is -2.54. The number of amides is 1. The van der Waals surface area contributed by atoms with Crippen LogP contribution in [0.1, 0.15) is 31.2 Å². The van der Waals surface area contributed by atoms with Crippen molar-refractivity contribution in [2.45, 2.75) is 32.6 Å². The summed E-state index contributed by atoms with van der Waals surface area (Å²) in [6.07, 6.45) is 3.53. The van der Waals surface area contributed by atoms with Gasteiger partial charge in [-0.2, -0.15) is 0 Å². The Morgan fingerprint density at radius 1 is 1.07 bits per heavy atom. The monoisotopic (exact) mass is 398 g/mol. The molecule has 0 aromatic heterocycles. The van der Waals surface area contributed by atoms with Crippen molar-refractivity contribution in [3.05, 3.63) is 64.2 Å². The number of nitrogens with two attached hydrogens (primary N) is 1. The molecule has 0 unspecified atom stereocenters. The number of anilines is 2. The number of nitrogens with zero attached hydrogens (tertiary/aromatic N) is 3. The van der Waals surface area contributed by atoms with Gasteiger partial charge < -0.3 is 5.73 Å². The highest BCUT2D eigenvalue weighted by Crippen LogP contribution is 2.35. The molecule has 146 valence electrons. The van der Waals surface area contributed by atoms with Gasteiger partial charge in [-0.05, 0) is 49.7 Å². The average Bonchev–Trinajstić information content (AvgIpc) is 3.21. The minimum atomic E-state index is -0.503. The second kappa shape index (κ2) is 8.35. The van der Waals surface area contributed by atoms with Gasteiger partial charge in [0.2, 0.25) is 5.91 Å². The van der Waals surface area contributed by atoms with E-state index in [9.17, 15) is 14.9 Å². The first kappa shape index (κ1) is 19.8. The number of thiocarbonyl (C=S) groups is 1. The third-order valence-electron chi connectivity index (χ3n) is 4.97. The number of nitro groups is 1. The van der Waals surface area contributed by atoms with Crippen LogP contribution in [0, 0.1) is 23.0 Å². The standard InChI is InChI=1S/C20H22N4O3S/c1-14-8-2-5-11-16(14)22(19(25)15-9-3-4-10-15)23(20(21)28)17-12-6-7-13-18(17)24(26)27/h2,5-8,11-13,15H,3-4,9-10H2,1H3,(H2,21,28). The minimum Gasteiger partial charge on any atom is -0.374 e. The van der Waals surface area contributed by atoms with E-state index in [-0.39, 0.29) is 28.3 Å². The van der Waals surface area contributed by atoms with Gasteiger partial charge in [0.25, 0.3) is 5.69 Å². The number of hydrazine groups is 1. The molecule has 0 saturated heterocycles. The van der Waals surface area contributed by atoms with Crippen molar-refractivity contribution < 1.29 is 9.72 Å². The largest absolute Gasteiger partial charge is 0.374 e. The Kier molecular flexibility index (Phi) is 5.89. The van der Waals surface area contributed by atoms with Crippen molar-refractivity contribution >= 4 is 40.3 Å². The number of hydrogen-bond acceptors (Lipinski definition) is 4. The summed E-state index contributed by atoms with van der Waals surface area (Å²) in [5.41, 5.74) is 7.44. The zero-order chi connectivity index (χ0) is 20.3. The predicted molar refractivity (Wildman–Crippen MR) is 113 cm³/mol. The Morgan fingerprint density at radius 3 is 2.21 bits per heavy atom. The van der Waals surface area contributed by atoms with Crippen molar-refractivity contribution in [1.29, 1.82) is 0 Å². The van der Waals surface area contributed by atoms with E-state index in [0.29, 0.717) is 5.69 Å². The molecule has 28 heavy (non-hydrogen) atoms. The van der Waals surface area contributed by atoms with Crippen molar-refractivity contribution in [1.82, 2.24) is 0 Å². The molecular formula is C20H22N4O3S. The van der Waals surface area contributed by atoms with Crippen molar-refractivity contribution in [3.8, 4) is 0 Å². The van der Waals surface area contributed by atoms with Crippen LogP contribution >= 0.6 is 12.2 Å². The van der Waals surface area contributed by atoms with Gasteiger partial charge in [0.15, 0.2) is 5.11 Å². The SMILES string of the molecule is Cc1ccccc1N(C(=O)C1CCCC1)N(C(N)=S)c1ccccc1[N+](=O)[O-]. The summed E-state index contributed by atoms with van der Waals surface area (Å²) in [5, 5.41) is 14.2. The second-order valence-corrected chi connectivity index (χ2v) is 7.23. The topological polar surface area (TPSA) is 92.7 Å². The summed E-state index contributed by atoms with van der Waals surface area (Å²) in [4.78, 5) is 24.6. The van der Waals surface area contributed by atoms with E-state index in [2.05, 4.69) is 0 Å². The molecule has 0 radical (unpaired) electrons. The third-order valence-corrected chi connectivity index (χ3v) is 5.15.